The molecule has 5 aliphatic carbocycles. The molecule has 8 heteroatoms. The van der Waals surface area contributed by atoms with Crippen LogP contribution in [0.3, 0.4) is 0 Å². The lowest BCUT2D eigenvalue weighted by molar-refractivity contribution is -0.245. The SMILES string of the molecule is C=C(C)CCC[C@@H](C)C1C(OC)C(=O)C2C3CCC4C(C)(C)C(OC5CN(CC(=O)N(C)C)CCO5)CCC45CC35CCC21C.C=C(C)O. The zero-order valence-corrected chi connectivity index (χ0v) is 32.3. The van der Waals surface area contributed by atoms with Gasteiger partial charge in [-0.25, -0.2) is 0 Å². The molecule has 1 amide bonds. The monoisotopic (exact) mass is 685 g/mol. The van der Waals surface area contributed by atoms with Crippen LogP contribution in [0.1, 0.15) is 106 Å². The van der Waals surface area contributed by atoms with E-state index in [1.54, 1.807) is 12.0 Å². The Morgan fingerprint density at radius 2 is 1.80 bits per heavy atom. The van der Waals surface area contributed by atoms with Crippen LogP contribution in [0.5, 0.6) is 0 Å². The summed E-state index contributed by atoms with van der Waals surface area (Å²) in [5, 5.41) is 7.86. The van der Waals surface area contributed by atoms with Gasteiger partial charge in [0.25, 0.3) is 0 Å². The Hall–Kier alpha value is -1.74. The molecule has 10 unspecified atom stereocenters. The van der Waals surface area contributed by atoms with Crippen LogP contribution in [-0.4, -0.2) is 92.5 Å². The van der Waals surface area contributed by atoms with Crippen molar-refractivity contribution in [3.8, 4) is 0 Å². The molecule has 1 aliphatic heterocycles. The molecule has 0 radical (unpaired) electrons. The number of nitrogens with zero attached hydrogens (tertiary/aromatic N) is 2. The first-order valence-electron chi connectivity index (χ1n) is 19.2. The number of likely N-dealkylation sites (N-methyl/N-ethyl adjacent to an activating group) is 1. The van der Waals surface area contributed by atoms with Crippen molar-refractivity contribution in [3.05, 3.63) is 24.5 Å². The van der Waals surface area contributed by atoms with Gasteiger partial charge in [0, 0.05) is 39.6 Å². The molecule has 8 nitrogen and oxygen atoms in total. The second-order valence-electron chi connectivity index (χ2n) is 18.2. The Morgan fingerprint density at radius 1 is 1.10 bits per heavy atom. The molecule has 6 fully saturated rings. The van der Waals surface area contributed by atoms with Gasteiger partial charge in [-0.1, -0.05) is 46.3 Å². The van der Waals surface area contributed by atoms with Crippen LogP contribution >= 0.6 is 0 Å². The molecule has 2 spiro atoms. The van der Waals surface area contributed by atoms with E-state index in [-0.39, 0.29) is 46.9 Å². The standard InChI is InChI=1S/C38H62N2O5.C3H6O/c1-24(2)11-10-12-25(3)31-34(43-9)33(42)32-26-13-14-27-35(4,5)28(15-16-38(27)23-37(26,38)18-17-36(31,32)6)45-30-22-40(19-20-44-30)21-29(41)39(7)8;1-3(2)4/h25-28,30-32,34H,1,10-23H2,2-9H3;4H,1H2,2H3/t25-,26?,27?,28?,30?,31?,32?,34?,36?,37?,38?;/m1./s1. The van der Waals surface area contributed by atoms with Crippen molar-refractivity contribution >= 4 is 11.7 Å². The van der Waals surface area contributed by atoms with Crippen molar-refractivity contribution in [2.75, 3.05) is 47.4 Å². The van der Waals surface area contributed by atoms with E-state index in [9.17, 15) is 9.59 Å². The number of morpholine rings is 1. The molecule has 6 rings (SSSR count). The third-order valence-electron chi connectivity index (χ3n) is 14.5. The van der Waals surface area contributed by atoms with Crippen LogP contribution in [0.25, 0.3) is 0 Å². The van der Waals surface area contributed by atoms with E-state index in [4.69, 9.17) is 19.3 Å². The summed E-state index contributed by atoms with van der Waals surface area (Å²) in [5.74, 6) is 2.71. The highest BCUT2D eigenvalue weighted by Gasteiger charge is 2.81. The van der Waals surface area contributed by atoms with Crippen LogP contribution < -0.4 is 0 Å². The number of amides is 1. The van der Waals surface area contributed by atoms with Crippen molar-refractivity contribution in [2.45, 2.75) is 124 Å². The van der Waals surface area contributed by atoms with Crippen LogP contribution in [0.15, 0.2) is 24.5 Å². The van der Waals surface area contributed by atoms with Crippen LogP contribution in [0.4, 0.5) is 0 Å². The Morgan fingerprint density at radius 3 is 2.43 bits per heavy atom. The van der Waals surface area contributed by atoms with E-state index in [0.717, 1.165) is 45.1 Å². The number of rotatable bonds is 10. The Balaban J connectivity index is 0.00000111. The average Bonchev–Trinajstić information content (AvgIpc) is 3.62. The molecule has 0 aromatic rings. The van der Waals surface area contributed by atoms with Crippen molar-refractivity contribution in [1.29, 1.82) is 0 Å². The van der Waals surface area contributed by atoms with Crippen molar-refractivity contribution in [3.63, 3.8) is 0 Å². The highest BCUT2D eigenvalue weighted by Crippen LogP contribution is 2.87. The topological polar surface area (TPSA) is 88.5 Å². The predicted molar refractivity (Wildman–Crippen MR) is 194 cm³/mol. The number of aliphatic hydroxyl groups is 1. The largest absolute Gasteiger partial charge is 0.513 e. The molecule has 1 N–H and O–H groups in total. The van der Waals surface area contributed by atoms with Crippen LogP contribution in [-0.2, 0) is 23.8 Å². The minimum absolute atomic E-state index is 0.0287. The maximum atomic E-state index is 14.4. The van der Waals surface area contributed by atoms with Gasteiger partial charge in [-0.3, -0.25) is 14.5 Å². The predicted octanol–water partition coefficient (Wildman–Crippen LogP) is 7.43. The molecule has 49 heavy (non-hydrogen) atoms. The smallest absolute Gasteiger partial charge is 0.236 e. The Labute approximate surface area is 297 Å². The lowest BCUT2D eigenvalue weighted by Crippen LogP contribution is -2.57. The molecule has 1 heterocycles. The highest BCUT2D eigenvalue weighted by molar-refractivity contribution is 5.90. The summed E-state index contributed by atoms with van der Waals surface area (Å²) in [7, 11) is 5.40. The molecular formula is C41H68N2O6. The number of hydrogen-bond donors (Lipinski definition) is 1. The summed E-state index contributed by atoms with van der Waals surface area (Å²) in [4.78, 5) is 30.6. The fraction of sp³-hybridized carbons (Fsp3) is 0.854. The van der Waals surface area contributed by atoms with Gasteiger partial charge in [0.1, 0.15) is 6.10 Å². The second kappa shape index (κ2) is 14.4. The number of carbonyl (C=O) groups excluding carboxylic acids is 2. The second-order valence-corrected chi connectivity index (χ2v) is 18.2. The minimum Gasteiger partial charge on any atom is -0.513 e. The molecule has 0 bridgehead atoms. The van der Waals surface area contributed by atoms with Gasteiger partial charge in [-0.15, -0.1) is 6.58 Å². The van der Waals surface area contributed by atoms with Crippen molar-refractivity contribution < 1.29 is 28.9 Å². The van der Waals surface area contributed by atoms with Crippen molar-refractivity contribution in [2.24, 2.45) is 51.2 Å². The fourth-order valence-corrected chi connectivity index (χ4v) is 12.5. The first kappa shape index (κ1) is 38.5. The first-order chi connectivity index (χ1) is 22.9. The zero-order valence-electron chi connectivity index (χ0n) is 32.3. The van der Waals surface area contributed by atoms with E-state index in [0.29, 0.717) is 60.0 Å². The maximum absolute atomic E-state index is 14.4. The van der Waals surface area contributed by atoms with Gasteiger partial charge in [0.2, 0.25) is 5.91 Å². The maximum Gasteiger partial charge on any atom is 0.236 e. The number of methoxy groups -OCH3 is 1. The minimum atomic E-state index is -0.289. The molecule has 6 aliphatic rings. The Kier molecular flexibility index (Phi) is 11.3. The molecule has 1 saturated heterocycles. The zero-order chi connectivity index (χ0) is 36.1. The van der Waals surface area contributed by atoms with E-state index in [1.165, 1.54) is 38.2 Å². The molecule has 0 aromatic carbocycles. The van der Waals surface area contributed by atoms with Gasteiger partial charge < -0.3 is 24.2 Å². The summed E-state index contributed by atoms with van der Waals surface area (Å²) in [6, 6.07) is 0. The molecule has 11 atom stereocenters. The lowest BCUT2D eigenvalue weighted by Gasteiger charge is -2.59. The summed E-state index contributed by atoms with van der Waals surface area (Å²) < 4.78 is 19.0. The van der Waals surface area contributed by atoms with Gasteiger partial charge in [0.15, 0.2) is 12.1 Å². The summed E-state index contributed by atoms with van der Waals surface area (Å²) in [5.41, 5.74) is 1.96. The third kappa shape index (κ3) is 6.82. The highest BCUT2D eigenvalue weighted by atomic mass is 16.7. The summed E-state index contributed by atoms with van der Waals surface area (Å²) >= 11 is 0. The van der Waals surface area contributed by atoms with Gasteiger partial charge in [0.05, 0.1) is 31.6 Å². The number of carbonyl (C=O) groups is 2. The normalized spacial score (nSPS) is 41.2. The lowest BCUT2D eigenvalue weighted by atomic mass is 9.46. The fourth-order valence-electron chi connectivity index (χ4n) is 12.5. The van der Waals surface area contributed by atoms with Crippen LogP contribution in [0.2, 0.25) is 0 Å². The third-order valence-corrected chi connectivity index (χ3v) is 14.5. The van der Waals surface area contributed by atoms with Crippen LogP contribution in [0, 0.1) is 51.2 Å². The summed E-state index contributed by atoms with van der Waals surface area (Å²) in [6.45, 7) is 23.0. The first-order valence-corrected chi connectivity index (χ1v) is 19.2. The average molecular weight is 685 g/mol. The van der Waals surface area contributed by atoms with Gasteiger partial charge in [-0.2, -0.15) is 0 Å². The molecule has 0 aromatic heterocycles. The number of fused-ring (bicyclic) bond motifs is 2. The van der Waals surface area contributed by atoms with E-state index in [2.05, 4.69) is 52.7 Å². The van der Waals surface area contributed by atoms with E-state index >= 15 is 0 Å². The molecular weight excluding hydrogens is 616 g/mol. The van der Waals surface area contributed by atoms with E-state index in [1.807, 2.05) is 14.1 Å². The number of ketones is 1. The summed E-state index contributed by atoms with van der Waals surface area (Å²) in [6.07, 6.45) is 11.2. The number of Topliss-reactive ketones (excluding diaryl/α,β-unsaturated/α-hetero) is 1. The van der Waals surface area contributed by atoms with Gasteiger partial charge >= 0.3 is 0 Å². The molecule has 278 valence electrons. The number of aliphatic hydroxyl groups excluding tert-OH is 1. The van der Waals surface area contributed by atoms with E-state index < -0.39 is 0 Å². The number of hydrogen-bond acceptors (Lipinski definition) is 7. The number of allylic oxidation sites excluding steroid dienone is 2. The Bertz CT molecular complexity index is 1260. The van der Waals surface area contributed by atoms with Crippen molar-refractivity contribution in [1.82, 2.24) is 9.80 Å². The number of ether oxygens (including phenoxy) is 3. The molecule has 5 saturated carbocycles. The van der Waals surface area contributed by atoms with Gasteiger partial charge in [-0.05, 0) is 111 Å². The quantitative estimate of drug-likeness (QED) is 0.189.